The van der Waals surface area contributed by atoms with Crippen LogP contribution >= 0.6 is 0 Å². The molecular formula is C19H22FN5O3S. The van der Waals surface area contributed by atoms with Crippen LogP contribution in [0, 0.1) is 18.2 Å². The van der Waals surface area contributed by atoms with Crippen LogP contribution in [0.1, 0.15) is 35.5 Å². The summed E-state index contributed by atoms with van der Waals surface area (Å²) in [5, 5.41) is 13.4. The van der Waals surface area contributed by atoms with E-state index in [1.54, 1.807) is 25.3 Å². The number of anilines is 1. The zero-order valence-electron chi connectivity index (χ0n) is 16.3. The molecule has 3 rings (SSSR count). The Bertz CT molecular complexity index is 1070. The van der Waals surface area contributed by atoms with Gasteiger partial charge in [-0.05, 0) is 50.6 Å². The van der Waals surface area contributed by atoms with E-state index in [2.05, 4.69) is 15.6 Å². The van der Waals surface area contributed by atoms with E-state index < -0.39 is 33.0 Å². The van der Waals surface area contributed by atoms with Gasteiger partial charge >= 0.3 is 0 Å². The number of aromatic nitrogens is 1. The van der Waals surface area contributed by atoms with Gasteiger partial charge in [-0.2, -0.15) is 0 Å². The van der Waals surface area contributed by atoms with E-state index in [4.69, 9.17) is 5.41 Å². The highest BCUT2D eigenvalue weighted by molar-refractivity contribution is 7.89. The second kappa shape index (κ2) is 7.43. The lowest BCUT2D eigenvalue weighted by molar-refractivity contribution is 0.102. The topological polar surface area (TPSA) is 115 Å². The van der Waals surface area contributed by atoms with Gasteiger partial charge in [0.15, 0.2) is 0 Å². The Morgan fingerprint density at radius 3 is 2.69 bits per heavy atom. The molecular weight excluding hydrogens is 397 g/mol. The molecule has 1 amide bonds. The number of benzene rings is 1. The monoisotopic (exact) mass is 419 g/mol. The van der Waals surface area contributed by atoms with Crippen LogP contribution < -0.4 is 10.6 Å². The van der Waals surface area contributed by atoms with Gasteiger partial charge in [0.1, 0.15) is 11.5 Å². The van der Waals surface area contributed by atoms with Crippen molar-refractivity contribution in [2.75, 3.05) is 17.6 Å². The number of guanidine groups is 1. The Labute approximate surface area is 168 Å². The number of nitrogens with one attached hydrogen (secondary N) is 3. The molecule has 2 aromatic rings. The molecule has 0 spiro atoms. The molecule has 0 aliphatic carbocycles. The maximum Gasteiger partial charge on any atom is 0.274 e. The number of pyridine rings is 1. The van der Waals surface area contributed by atoms with E-state index in [1.807, 2.05) is 6.92 Å². The van der Waals surface area contributed by atoms with Crippen molar-refractivity contribution in [3.8, 4) is 0 Å². The van der Waals surface area contributed by atoms with Crippen LogP contribution in [0.4, 0.5) is 10.1 Å². The summed E-state index contributed by atoms with van der Waals surface area (Å²) >= 11 is 0. The average Bonchev–Trinajstić information content (AvgIpc) is 2.62. The zero-order chi connectivity index (χ0) is 21.4. The SMILES string of the molecule is CCN1C(=N)N[C@](C)(c2cc(NC(=O)c3ccc(C)cn3)ccc2F)CS1(=O)=O. The van der Waals surface area contributed by atoms with Crippen LogP contribution in [0.15, 0.2) is 36.5 Å². The van der Waals surface area contributed by atoms with Gasteiger partial charge in [-0.25, -0.2) is 17.1 Å². The number of hydrogen-bond acceptors (Lipinski definition) is 5. The maximum absolute atomic E-state index is 14.6. The highest BCUT2D eigenvalue weighted by Gasteiger charge is 2.44. The Morgan fingerprint density at radius 2 is 2.10 bits per heavy atom. The third-order valence-corrected chi connectivity index (χ3v) is 6.75. The minimum absolute atomic E-state index is 0.0382. The number of carbonyl (C=O) groups is 1. The van der Waals surface area contributed by atoms with Gasteiger partial charge in [0, 0.05) is 24.0 Å². The first-order valence-corrected chi connectivity index (χ1v) is 10.6. The second-order valence-corrected chi connectivity index (χ2v) is 8.99. The van der Waals surface area contributed by atoms with Crippen LogP contribution in [0.25, 0.3) is 0 Å². The smallest absolute Gasteiger partial charge is 0.274 e. The van der Waals surface area contributed by atoms with Crippen LogP contribution in [0.3, 0.4) is 0 Å². The molecule has 1 aromatic heterocycles. The molecule has 1 aromatic carbocycles. The molecule has 29 heavy (non-hydrogen) atoms. The van der Waals surface area contributed by atoms with Crippen molar-refractivity contribution in [2.45, 2.75) is 26.3 Å². The van der Waals surface area contributed by atoms with E-state index in [-0.39, 0.29) is 23.8 Å². The number of aryl methyl sites for hydroxylation is 1. The van der Waals surface area contributed by atoms with Crippen LogP contribution in [0.5, 0.6) is 0 Å². The highest BCUT2D eigenvalue weighted by Crippen LogP contribution is 2.32. The van der Waals surface area contributed by atoms with Gasteiger partial charge in [-0.1, -0.05) is 6.07 Å². The first-order valence-electron chi connectivity index (χ1n) is 8.97. The summed E-state index contributed by atoms with van der Waals surface area (Å²) in [4.78, 5) is 16.4. The van der Waals surface area contributed by atoms with Gasteiger partial charge in [0.2, 0.25) is 16.0 Å². The van der Waals surface area contributed by atoms with E-state index in [1.165, 1.54) is 19.1 Å². The second-order valence-electron chi connectivity index (χ2n) is 7.10. The summed E-state index contributed by atoms with van der Waals surface area (Å²) in [6, 6.07) is 7.24. The third-order valence-electron chi connectivity index (χ3n) is 4.70. The van der Waals surface area contributed by atoms with Crippen molar-refractivity contribution in [1.29, 1.82) is 5.41 Å². The van der Waals surface area contributed by atoms with Gasteiger partial charge in [-0.3, -0.25) is 15.2 Å². The molecule has 154 valence electrons. The first kappa shape index (κ1) is 20.7. The molecule has 10 heteroatoms. The molecule has 1 aliphatic rings. The van der Waals surface area contributed by atoms with Crippen LogP contribution in [-0.4, -0.2) is 41.9 Å². The lowest BCUT2D eigenvalue weighted by atomic mass is 9.93. The van der Waals surface area contributed by atoms with Gasteiger partial charge in [0.05, 0.1) is 11.3 Å². The fourth-order valence-corrected chi connectivity index (χ4v) is 5.09. The average molecular weight is 419 g/mol. The summed E-state index contributed by atoms with van der Waals surface area (Å²) in [6.07, 6.45) is 1.56. The summed E-state index contributed by atoms with van der Waals surface area (Å²) in [5.41, 5.74) is 0.0714. The van der Waals surface area contributed by atoms with E-state index in [9.17, 15) is 17.6 Å². The molecule has 1 atom stereocenters. The number of carbonyl (C=O) groups excluding carboxylic acids is 1. The van der Waals surface area contributed by atoms with E-state index >= 15 is 0 Å². The summed E-state index contributed by atoms with van der Waals surface area (Å²) < 4.78 is 40.6. The van der Waals surface area contributed by atoms with Crippen molar-refractivity contribution >= 4 is 27.6 Å². The molecule has 3 N–H and O–H groups in total. The van der Waals surface area contributed by atoms with E-state index in [0.29, 0.717) is 5.69 Å². The minimum Gasteiger partial charge on any atom is -0.345 e. The quantitative estimate of drug-likeness (QED) is 0.703. The van der Waals surface area contributed by atoms with Gasteiger partial charge in [0.25, 0.3) is 5.91 Å². The normalized spacial score (nSPS) is 20.8. The molecule has 1 saturated heterocycles. The molecule has 2 heterocycles. The molecule has 0 unspecified atom stereocenters. The number of halogens is 1. The number of hydrogen-bond donors (Lipinski definition) is 3. The molecule has 1 aliphatic heterocycles. The van der Waals surface area contributed by atoms with E-state index in [0.717, 1.165) is 15.9 Å². The number of sulfonamides is 1. The number of nitrogens with zero attached hydrogens (tertiary/aromatic N) is 2. The number of amides is 1. The van der Waals surface area contributed by atoms with Crippen molar-refractivity contribution in [1.82, 2.24) is 14.6 Å². The highest BCUT2D eigenvalue weighted by atomic mass is 32.2. The lowest BCUT2D eigenvalue weighted by Crippen LogP contribution is -2.62. The van der Waals surface area contributed by atoms with Crippen molar-refractivity contribution < 1.29 is 17.6 Å². The molecule has 8 nitrogen and oxygen atoms in total. The van der Waals surface area contributed by atoms with Crippen molar-refractivity contribution in [2.24, 2.45) is 0 Å². The Morgan fingerprint density at radius 1 is 1.38 bits per heavy atom. The van der Waals surface area contributed by atoms with Gasteiger partial charge < -0.3 is 10.6 Å². The Hall–Kier alpha value is -3.01. The Balaban J connectivity index is 1.92. The zero-order valence-corrected chi connectivity index (χ0v) is 17.1. The first-order chi connectivity index (χ1) is 13.6. The molecule has 0 radical (unpaired) electrons. The summed E-state index contributed by atoms with van der Waals surface area (Å²) in [6.45, 7) is 5.08. The maximum atomic E-state index is 14.6. The minimum atomic E-state index is -3.80. The third kappa shape index (κ3) is 4.07. The lowest BCUT2D eigenvalue weighted by Gasteiger charge is -2.41. The van der Waals surface area contributed by atoms with Crippen molar-refractivity contribution in [3.05, 3.63) is 59.2 Å². The molecule has 0 saturated carbocycles. The molecule has 0 bridgehead atoms. The Kier molecular flexibility index (Phi) is 5.31. The summed E-state index contributed by atoms with van der Waals surface area (Å²) in [7, 11) is -3.80. The van der Waals surface area contributed by atoms with Crippen LogP contribution in [0.2, 0.25) is 0 Å². The van der Waals surface area contributed by atoms with Gasteiger partial charge in [-0.15, -0.1) is 0 Å². The summed E-state index contributed by atoms with van der Waals surface area (Å²) in [5.74, 6) is -1.86. The molecule has 1 fully saturated rings. The predicted molar refractivity (Wildman–Crippen MR) is 108 cm³/mol. The number of rotatable bonds is 4. The fourth-order valence-electron chi connectivity index (χ4n) is 3.26. The fraction of sp³-hybridized carbons (Fsp3) is 0.316. The van der Waals surface area contributed by atoms with Crippen LogP contribution in [-0.2, 0) is 15.6 Å². The predicted octanol–water partition coefficient (Wildman–Crippen LogP) is 2.19. The largest absolute Gasteiger partial charge is 0.345 e. The standard InChI is InChI=1S/C19H22FN5O3S/c1-4-25-18(21)24-19(3,11-29(25,27)28)14-9-13(6-7-15(14)20)23-17(26)16-8-5-12(2)10-22-16/h5-10H,4,11H2,1-3H3,(H2,21,24)(H,23,26)/t19-/m0/s1. The van der Waals surface area contributed by atoms with Crippen molar-refractivity contribution in [3.63, 3.8) is 0 Å².